The molecule has 1 aromatic carbocycles. The van der Waals surface area contributed by atoms with Crippen molar-refractivity contribution in [3.63, 3.8) is 0 Å². The molecule has 2 aliphatic carbocycles. The second-order valence-electron chi connectivity index (χ2n) is 8.36. The van der Waals surface area contributed by atoms with Crippen LogP contribution in [0.1, 0.15) is 66.7 Å². The van der Waals surface area contributed by atoms with Crippen LogP contribution < -0.4 is 10.1 Å². The van der Waals surface area contributed by atoms with E-state index in [-0.39, 0.29) is 12.0 Å². The van der Waals surface area contributed by atoms with E-state index in [9.17, 15) is 9.90 Å². The molecular formula is C23H26N4O3. The van der Waals surface area contributed by atoms with Crippen LogP contribution in [0.3, 0.4) is 0 Å². The number of nitrogens with zero attached hydrogens (tertiary/aromatic N) is 3. The maximum atomic E-state index is 12.8. The van der Waals surface area contributed by atoms with Gasteiger partial charge in [-0.05, 0) is 56.7 Å². The predicted molar refractivity (Wildman–Crippen MR) is 114 cm³/mol. The van der Waals surface area contributed by atoms with Crippen molar-refractivity contribution in [1.82, 2.24) is 14.8 Å². The fraction of sp³-hybridized carbons (Fsp3) is 0.435. The Balaban J connectivity index is 1.40. The van der Waals surface area contributed by atoms with Gasteiger partial charge in [0.05, 0.1) is 30.5 Å². The van der Waals surface area contributed by atoms with Gasteiger partial charge in [-0.15, -0.1) is 0 Å². The van der Waals surface area contributed by atoms with Crippen molar-refractivity contribution in [2.24, 2.45) is 0 Å². The van der Waals surface area contributed by atoms with Gasteiger partial charge in [-0.25, -0.2) is 4.98 Å². The molecule has 0 spiro atoms. The predicted octanol–water partition coefficient (Wildman–Crippen LogP) is 4.05. The summed E-state index contributed by atoms with van der Waals surface area (Å²) in [7, 11) is 1.59. The molecule has 0 aliphatic heterocycles. The number of rotatable bonds is 5. The average molecular weight is 406 g/mol. The van der Waals surface area contributed by atoms with Crippen LogP contribution in [-0.4, -0.2) is 39.0 Å². The Morgan fingerprint density at radius 3 is 2.70 bits per heavy atom. The molecule has 0 atom stereocenters. The standard InChI is InChI=1S/C23H26N4O3/c1-30-22-12-20-15(13-27(26-20)16-7-9-17(28)10-8-16)11-21(22)25-23(29)19-4-2-3-18(24-19)14-5-6-14/h2-4,11-14,16-17,28H,5-10H2,1H3,(H,25,29). The van der Waals surface area contributed by atoms with Gasteiger partial charge in [0.1, 0.15) is 11.4 Å². The van der Waals surface area contributed by atoms with E-state index >= 15 is 0 Å². The number of aliphatic hydroxyl groups excluding tert-OH is 1. The lowest BCUT2D eigenvalue weighted by Gasteiger charge is -2.25. The number of methoxy groups -OCH3 is 1. The smallest absolute Gasteiger partial charge is 0.274 e. The van der Waals surface area contributed by atoms with Crippen molar-refractivity contribution in [2.45, 2.75) is 56.6 Å². The van der Waals surface area contributed by atoms with E-state index in [0.29, 0.717) is 29.1 Å². The first-order valence-electron chi connectivity index (χ1n) is 10.6. The highest BCUT2D eigenvalue weighted by Crippen LogP contribution is 2.39. The second kappa shape index (κ2) is 7.72. The quantitative estimate of drug-likeness (QED) is 0.667. The second-order valence-corrected chi connectivity index (χ2v) is 8.36. The number of pyridine rings is 1. The summed E-state index contributed by atoms with van der Waals surface area (Å²) < 4.78 is 7.50. The number of hydrogen-bond acceptors (Lipinski definition) is 5. The van der Waals surface area contributed by atoms with Crippen molar-refractivity contribution < 1.29 is 14.6 Å². The maximum Gasteiger partial charge on any atom is 0.274 e. The van der Waals surface area contributed by atoms with Crippen molar-refractivity contribution >= 4 is 22.5 Å². The van der Waals surface area contributed by atoms with E-state index < -0.39 is 0 Å². The van der Waals surface area contributed by atoms with Crippen LogP contribution in [0.2, 0.25) is 0 Å². The number of benzene rings is 1. The van der Waals surface area contributed by atoms with Gasteiger partial charge >= 0.3 is 0 Å². The molecule has 2 fully saturated rings. The lowest BCUT2D eigenvalue weighted by atomic mass is 9.93. The number of nitrogens with one attached hydrogen (secondary N) is 1. The number of amides is 1. The average Bonchev–Trinajstić information content (AvgIpc) is 3.54. The van der Waals surface area contributed by atoms with Crippen molar-refractivity contribution in [3.05, 3.63) is 47.9 Å². The lowest BCUT2D eigenvalue weighted by Crippen LogP contribution is -2.21. The Morgan fingerprint density at radius 1 is 1.17 bits per heavy atom. The molecule has 0 bridgehead atoms. The summed E-state index contributed by atoms with van der Waals surface area (Å²) in [6.07, 6.45) is 7.55. The van der Waals surface area contributed by atoms with Gasteiger partial charge in [0, 0.05) is 29.3 Å². The van der Waals surface area contributed by atoms with Crippen LogP contribution in [0.4, 0.5) is 5.69 Å². The van der Waals surface area contributed by atoms with Gasteiger partial charge in [-0.1, -0.05) is 6.07 Å². The number of ether oxygens (including phenoxy) is 1. The number of fused-ring (bicyclic) bond motifs is 1. The van der Waals surface area contributed by atoms with Crippen LogP contribution in [0.15, 0.2) is 36.5 Å². The molecule has 5 rings (SSSR count). The van der Waals surface area contributed by atoms with Crippen molar-refractivity contribution in [1.29, 1.82) is 0 Å². The summed E-state index contributed by atoms with van der Waals surface area (Å²) in [4.78, 5) is 17.4. The zero-order chi connectivity index (χ0) is 20.7. The topological polar surface area (TPSA) is 89.3 Å². The van der Waals surface area contributed by atoms with Gasteiger partial charge in [0.25, 0.3) is 5.91 Å². The van der Waals surface area contributed by atoms with E-state index in [0.717, 1.165) is 55.1 Å². The van der Waals surface area contributed by atoms with Gasteiger partial charge in [0.15, 0.2) is 0 Å². The minimum Gasteiger partial charge on any atom is -0.494 e. The van der Waals surface area contributed by atoms with E-state index in [4.69, 9.17) is 9.84 Å². The van der Waals surface area contributed by atoms with Crippen molar-refractivity contribution in [2.75, 3.05) is 12.4 Å². The number of carbonyl (C=O) groups is 1. The third-order valence-corrected chi connectivity index (χ3v) is 6.13. The summed E-state index contributed by atoms with van der Waals surface area (Å²) >= 11 is 0. The molecule has 0 saturated heterocycles. The summed E-state index contributed by atoms with van der Waals surface area (Å²) in [5, 5.41) is 18.4. The molecule has 2 aliphatic rings. The van der Waals surface area contributed by atoms with E-state index in [1.54, 1.807) is 13.2 Å². The van der Waals surface area contributed by atoms with Crippen molar-refractivity contribution in [3.8, 4) is 5.75 Å². The highest BCUT2D eigenvalue weighted by Gasteiger charge is 2.26. The van der Waals surface area contributed by atoms with E-state index in [1.165, 1.54) is 0 Å². The molecule has 156 valence electrons. The first-order chi connectivity index (χ1) is 14.6. The first-order valence-corrected chi connectivity index (χ1v) is 10.6. The van der Waals surface area contributed by atoms with Gasteiger partial charge < -0.3 is 15.2 Å². The number of anilines is 1. The largest absolute Gasteiger partial charge is 0.494 e. The van der Waals surface area contributed by atoms with Gasteiger partial charge in [-0.3, -0.25) is 9.48 Å². The van der Waals surface area contributed by atoms with E-state index in [1.807, 2.05) is 35.1 Å². The molecule has 2 saturated carbocycles. The van der Waals surface area contributed by atoms with Gasteiger partial charge in [0.2, 0.25) is 0 Å². The van der Waals surface area contributed by atoms with Crippen LogP contribution in [0, 0.1) is 0 Å². The highest BCUT2D eigenvalue weighted by atomic mass is 16.5. The lowest BCUT2D eigenvalue weighted by molar-refractivity contribution is 0.102. The third kappa shape index (κ3) is 3.77. The molecule has 7 nitrogen and oxygen atoms in total. The van der Waals surface area contributed by atoms with Crippen LogP contribution >= 0.6 is 0 Å². The maximum absolute atomic E-state index is 12.8. The zero-order valence-corrected chi connectivity index (χ0v) is 17.0. The SMILES string of the molecule is COc1cc2nn(C3CCC(O)CC3)cc2cc1NC(=O)c1cccc(C2CC2)n1. The number of aliphatic hydroxyl groups is 1. The number of hydrogen-bond donors (Lipinski definition) is 2. The molecule has 7 heteroatoms. The molecule has 3 aromatic rings. The molecule has 2 heterocycles. The third-order valence-electron chi connectivity index (χ3n) is 6.13. The summed E-state index contributed by atoms with van der Waals surface area (Å²) in [6, 6.07) is 9.66. The Bertz CT molecular complexity index is 1080. The molecule has 30 heavy (non-hydrogen) atoms. The molecule has 0 radical (unpaired) electrons. The molecule has 2 N–H and O–H groups in total. The summed E-state index contributed by atoms with van der Waals surface area (Å²) in [5.74, 6) is 0.817. The number of carbonyl (C=O) groups excluding carboxylic acids is 1. The molecule has 0 unspecified atom stereocenters. The minimum atomic E-state index is -0.246. The normalized spacial score (nSPS) is 21.5. The molecule has 2 aromatic heterocycles. The molecular weight excluding hydrogens is 380 g/mol. The Kier molecular flexibility index (Phi) is 4.90. The van der Waals surface area contributed by atoms with Gasteiger partial charge in [-0.2, -0.15) is 5.10 Å². The Morgan fingerprint density at radius 2 is 1.97 bits per heavy atom. The van der Waals surface area contributed by atoms with Crippen LogP contribution in [-0.2, 0) is 0 Å². The summed E-state index contributed by atoms with van der Waals surface area (Å²) in [6.45, 7) is 0. The summed E-state index contributed by atoms with van der Waals surface area (Å²) in [5.41, 5.74) is 2.83. The zero-order valence-electron chi connectivity index (χ0n) is 17.0. The Hall–Kier alpha value is -2.93. The number of aromatic nitrogens is 3. The first kappa shape index (κ1) is 19.1. The van der Waals surface area contributed by atoms with Crippen LogP contribution in [0.5, 0.6) is 5.75 Å². The fourth-order valence-electron chi connectivity index (χ4n) is 4.22. The fourth-order valence-corrected chi connectivity index (χ4v) is 4.22. The van der Waals surface area contributed by atoms with E-state index in [2.05, 4.69) is 10.3 Å². The van der Waals surface area contributed by atoms with Crippen LogP contribution in [0.25, 0.3) is 10.9 Å². The Labute approximate surface area is 175 Å². The molecule has 1 amide bonds. The minimum absolute atomic E-state index is 0.194. The monoisotopic (exact) mass is 406 g/mol. The highest BCUT2D eigenvalue weighted by molar-refractivity contribution is 6.05.